The summed E-state index contributed by atoms with van der Waals surface area (Å²) in [5.41, 5.74) is 3.97. The number of allylic oxidation sites excluding steroid dienone is 1. The molecule has 0 saturated heterocycles. The van der Waals surface area contributed by atoms with Crippen molar-refractivity contribution in [2.45, 2.75) is 6.92 Å². The molecule has 0 aliphatic carbocycles. The number of anilines is 1. The number of fused-ring (bicyclic) bond motifs is 1. The zero-order chi connectivity index (χ0) is 15.4. The third kappa shape index (κ3) is 3.01. The smallest absolute Gasteiger partial charge is 0.276 e. The van der Waals surface area contributed by atoms with Gasteiger partial charge >= 0.3 is 0 Å². The summed E-state index contributed by atoms with van der Waals surface area (Å²) in [7, 11) is 0. The van der Waals surface area contributed by atoms with E-state index in [1.54, 1.807) is 6.21 Å². The van der Waals surface area contributed by atoms with E-state index < -0.39 is 0 Å². The highest BCUT2D eigenvalue weighted by Crippen LogP contribution is 2.22. The van der Waals surface area contributed by atoms with Crippen molar-refractivity contribution >= 4 is 29.6 Å². The molecule has 4 heteroatoms. The molecule has 0 aromatic heterocycles. The third-order valence-electron chi connectivity index (χ3n) is 3.26. The maximum absolute atomic E-state index is 11.9. The topological polar surface area (TPSA) is 53.8 Å². The number of benzene rings is 2. The van der Waals surface area contributed by atoms with E-state index in [0.29, 0.717) is 5.71 Å². The number of amides is 1. The van der Waals surface area contributed by atoms with E-state index in [-0.39, 0.29) is 5.91 Å². The molecular formula is C18H15N3O. The summed E-state index contributed by atoms with van der Waals surface area (Å²) in [6.45, 7) is 1.94. The Morgan fingerprint density at radius 1 is 1.05 bits per heavy atom. The summed E-state index contributed by atoms with van der Waals surface area (Å²) in [5, 5.41) is 10.9. The van der Waals surface area contributed by atoms with Gasteiger partial charge in [0.1, 0.15) is 0 Å². The van der Waals surface area contributed by atoms with E-state index in [1.165, 1.54) is 0 Å². The maximum Gasteiger partial charge on any atom is 0.276 e. The Labute approximate surface area is 128 Å². The molecule has 1 heterocycles. The number of rotatable bonds is 3. The second kappa shape index (κ2) is 6.18. The molecule has 1 amide bonds. The van der Waals surface area contributed by atoms with Crippen LogP contribution in [0, 0.1) is 0 Å². The van der Waals surface area contributed by atoms with Gasteiger partial charge in [0.2, 0.25) is 0 Å². The van der Waals surface area contributed by atoms with Gasteiger partial charge < -0.3 is 5.32 Å². The second-order valence-electron chi connectivity index (χ2n) is 4.99. The molecule has 0 saturated carbocycles. The van der Waals surface area contributed by atoms with Crippen LogP contribution in [-0.4, -0.2) is 17.8 Å². The van der Waals surface area contributed by atoms with Gasteiger partial charge in [0.15, 0.2) is 5.71 Å². The van der Waals surface area contributed by atoms with Crippen LogP contribution in [-0.2, 0) is 4.79 Å². The minimum absolute atomic E-state index is 0.219. The van der Waals surface area contributed by atoms with Crippen LogP contribution in [0.2, 0.25) is 0 Å². The Kier molecular flexibility index (Phi) is 3.92. The molecule has 2 aromatic carbocycles. The van der Waals surface area contributed by atoms with Crippen molar-refractivity contribution in [1.82, 2.24) is 0 Å². The van der Waals surface area contributed by atoms with Crippen molar-refractivity contribution in [3.05, 3.63) is 71.3 Å². The van der Waals surface area contributed by atoms with E-state index in [0.717, 1.165) is 22.4 Å². The van der Waals surface area contributed by atoms with Crippen LogP contribution < -0.4 is 5.32 Å². The Hall–Kier alpha value is -3.01. The molecule has 1 aliphatic heterocycles. The number of nitrogens with one attached hydrogen (secondary N) is 1. The fourth-order valence-corrected chi connectivity index (χ4v) is 2.23. The van der Waals surface area contributed by atoms with Gasteiger partial charge in [-0.15, -0.1) is 5.10 Å². The van der Waals surface area contributed by atoms with Gasteiger partial charge in [-0.3, -0.25) is 4.79 Å². The fourth-order valence-electron chi connectivity index (χ4n) is 2.23. The van der Waals surface area contributed by atoms with Gasteiger partial charge in [0, 0.05) is 5.56 Å². The van der Waals surface area contributed by atoms with Gasteiger partial charge in [0.25, 0.3) is 5.91 Å². The first-order chi connectivity index (χ1) is 10.7. The van der Waals surface area contributed by atoms with E-state index in [1.807, 2.05) is 67.6 Å². The Morgan fingerprint density at radius 3 is 2.59 bits per heavy atom. The number of nitrogens with zero attached hydrogens (tertiary/aromatic N) is 2. The lowest BCUT2D eigenvalue weighted by Crippen LogP contribution is -2.13. The summed E-state index contributed by atoms with van der Waals surface area (Å²) in [5.74, 6) is -0.219. The number of para-hydroxylation sites is 1. The van der Waals surface area contributed by atoms with E-state index in [4.69, 9.17) is 0 Å². The minimum Gasteiger partial charge on any atom is -0.320 e. The van der Waals surface area contributed by atoms with Crippen molar-refractivity contribution in [3.8, 4) is 0 Å². The van der Waals surface area contributed by atoms with Crippen molar-refractivity contribution in [1.29, 1.82) is 0 Å². The summed E-state index contributed by atoms with van der Waals surface area (Å²) in [6, 6.07) is 17.4. The zero-order valence-electron chi connectivity index (χ0n) is 12.2. The van der Waals surface area contributed by atoms with Gasteiger partial charge in [-0.25, -0.2) is 0 Å². The molecule has 1 N–H and O–H groups in total. The lowest BCUT2D eigenvalue weighted by Gasteiger charge is -1.94. The zero-order valence-corrected chi connectivity index (χ0v) is 12.2. The molecule has 3 rings (SSSR count). The van der Waals surface area contributed by atoms with Crippen molar-refractivity contribution in [2.75, 3.05) is 5.32 Å². The predicted molar refractivity (Wildman–Crippen MR) is 90.2 cm³/mol. The van der Waals surface area contributed by atoms with Crippen LogP contribution in [0.4, 0.5) is 5.69 Å². The normalized spacial score (nSPS) is 16.1. The van der Waals surface area contributed by atoms with Crippen LogP contribution in [0.15, 0.2) is 70.4 Å². The molecular weight excluding hydrogens is 274 g/mol. The van der Waals surface area contributed by atoms with Crippen LogP contribution >= 0.6 is 0 Å². The van der Waals surface area contributed by atoms with E-state index in [9.17, 15) is 4.79 Å². The van der Waals surface area contributed by atoms with Crippen LogP contribution in [0.3, 0.4) is 0 Å². The standard InChI is InChI=1S/C18H15N3O/c1-13(11-14-7-3-2-4-8-14)12-19-21-17-15-9-5-6-10-16(15)20-18(17)22/h2-12H,1H3,(H,20,21,22)/b13-11+,19-12-. The monoisotopic (exact) mass is 289 g/mol. The molecule has 0 bridgehead atoms. The molecule has 1 aliphatic rings. The minimum atomic E-state index is -0.219. The number of carbonyl (C=O) groups is 1. The molecule has 4 nitrogen and oxygen atoms in total. The summed E-state index contributed by atoms with van der Waals surface area (Å²) >= 11 is 0. The fraction of sp³-hybridized carbons (Fsp3) is 0.0556. The second-order valence-corrected chi connectivity index (χ2v) is 4.99. The van der Waals surface area contributed by atoms with Crippen molar-refractivity contribution in [3.63, 3.8) is 0 Å². The third-order valence-corrected chi connectivity index (χ3v) is 3.26. The molecule has 2 aromatic rings. The van der Waals surface area contributed by atoms with E-state index in [2.05, 4.69) is 15.5 Å². The molecule has 0 unspecified atom stereocenters. The highest BCUT2D eigenvalue weighted by Gasteiger charge is 2.25. The Bertz CT molecular complexity index is 789. The molecule has 0 radical (unpaired) electrons. The lowest BCUT2D eigenvalue weighted by atomic mass is 10.1. The highest BCUT2D eigenvalue weighted by atomic mass is 16.2. The first-order valence-electron chi connectivity index (χ1n) is 6.99. The maximum atomic E-state index is 11.9. The quantitative estimate of drug-likeness (QED) is 0.682. The Morgan fingerprint density at radius 2 is 1.77 bits per heavy atom. The number of hydrogen-bond acceptors (Lipinski definition) is 3. The van der Waals surface area contributed by atoms with Crippen molar-refractivity contribution < 1.29 is 4.79 Å². The van der Waals surface area contributed by atoms with Crippen LogP contribution in [0.1, 0.15) is 18.1 Å². The lowest BCUT2D eigenvalue weighted by molar-refractivity contribution is -0.110. The molecule has 108 valence electrons. The number of carbonyl (C=O) groups excluding carboxylic acids is 1. The molecule has 22 heavy (non-hydrogen) atoms. The van der Waals surface area contributed by atoms with Gasteiger partial charge in [-0.1, -0.05) is 54.6 Å². The molecule has 0 fully saturated rings. The highest BCUT2D eigenvalue weighted by molar-refractivity contribution is 6.53. The number of hydrogen-bond donors (Lipinski definition) is 1. The molecule has 0 spiro atoms. The van der Waals surface area contributed by atoms with Gasteiger partial charge in [-0.2, -0.15) is 5.10 Å². The van der Waals surface area contributed by atoms with Gasteiger partial charge in [-0.05, 0) is 24.1 Å². The first kappa shape index (κ1) is 13.9. The van der Waals surface area contributed by atoms with Crippen molar-refractivity contribution in [2.24, 2.45) is 10.2 Å². The summed E-state index contributed by atoms with van der Waals surface area (Å²) in [6.07, 6.45) is 3.65. The van der Waals surface area contributed by atoms with E-state index >= 15 is 0 Å². The summed E-state index contributed by atoms with van der Waals surface area (Å²) in [4.78, 5) is 11.9. The SMILES string of the molecule is CC(/C=N\N=C1/C(=O)Nc2ccccc21)=C\c1ccccc1. The van der Waals surface area contributed by atoms with Crippen LogP contribution in [0.5, 0.6) is 0 Å². The Balaban J connectivity index is 1.79. The summed E-state index contributed by atoms with van der Waals surface area (Å²) < 4.78 is 0. The van der Waals surface area contributed by atoms with Gasteiger partial charge in [0.05, 0.1) is 11.9 Å². The average molecular weight is 289 g/mol. The average Bonchev–Trinajstić information content (AvgIpc) is 2.84. The largest absolute Gasteiger partial charge is 0.320 e. The van der Waals surface area contributed by atoms with Crippen LogP contribution in [0.25, 0.3) is 6.08 Å². The predicted octanol–water partition coefficient (Wildman–Crippen LogP) is 3.52. The molecule has 0 atom stereocenters. The first-order valence-corrected chi connectivity index (χ1v) is 6.99.